The van der Waals surface area contributed by atoms with E-state index in [2.05, 4.69) is 10.1 Å². The molecule has 0 aliphatic heterocycles. The molecule has 0 radical (unpaired) electrons. The smallest absolute Gasteiger partial charge is 0.405 e. The quantitative estimate of drug-likeness (QED) is 0.844. The molecule has 0 spiro atoms. The summed E-state index contributed by atoms with van der Waals surface area (Å²) in [4.78, 5) is 11.2. The lowest BCUT2D eigenvalue weighted by Crippen LogP contribution is -2.44. The summed E-state index contributed by atoms with van der Waals surface area (Å²) < 4.78 is 40.7. The van der Waals surface area contributed by atoms with Gasteiger partial charge in [0.2, 0.25) is 5.91 Å². The van der Waals surface area contributed by atoms with E-state index in [4.69, 9.17) is 5.73 Å². The van der Waals surface area contributed by atoms with Crippen molar-refractivity contribution in [3.05, 3.63) is 29.8 Å². The van der Waals surface area contributed by atoms with Gasteiger partial charge in [0, 0.05) is 12.1 Å². The number of carbonyl (C=O) groups excluding carboxylic acids is 1. The number of nitrogens with two attached hydrogens (primary N) is 1. The molecule has 1 aromatic carbocycles. The number of hydrogen-bond acceptors (Lipinski definition) is 3. The van der Waals surface area contributed by atoms with Crippen molar-refractivity contribution < 1.29 is 22.7 Å². The normalized spacial score (nSPS) is 13.3. The maximum absolute atomic E-state index is 12.3. The fourth-order valence-electron chi connectivity index (χ4n) is 1.76. The molecule has 1 rings (SSSR count). The Bertz CT molecular complexity index is 461. The average Bonchev–Trinajstić information content (AvgIpc) is 2.28. The highest BCUT2D eigenvalue weighted by Crippen LogP contribution is 2.26. The van der Waals surface area contributed by atoms with E-state index in [1.54, 1.807) is 19.9 Å². The van der Waals surface area contributed by atoms with Gasteiger partial charge in [-0.3, -0.25) is 4.79 Å². The average molecular weight is 290 g/mol. The molecule has 1 amide bonds. The number of benzene rings is 1. The third-order valence-electron chi connectivity index (χ3n) is 2.68. The van der Waals surface area contributed by atoms with Crippen LogP contribution in [0.5, 0.6) is 5.75 Å². The SMILES string of the molecule is CC(C)C(NCc1ccccc1OC(F)(F)F)C(N)=O. The molecule has 0 aromatic heterocycles. The first kappa shape index (κ1) is 16.3. The monoisotopic (exact) mass is 290 g/mol. The Morgan fingerprint density at radius 1 is 1.35 bits per heavy atom. The largest absolute Gasteiger partial charge is 0.573 e. The van der Waals surface area contributed by atoms with Gasteiger partial charge in [-0.15, -0.1) is 13.2 Å². The van der Waals surface area contributed by atoms with Crippen molar-refractivity contribution in [2.75, 3.05) is 0 Å². The van der Waals surface area contributed by atoms with Crippen LogP contribution < -0.4 is 15.8 Å². The van der Waals surface area contributed by atoms with Crippen molar-refractivity contribution in [2.45, 2.75) is 32.8 Å². The van der Waals surface area contributed by atoms with E-state index in [0.717, 1.165) is 0 Å². The number of nitrogens with one attached hydrogen (secondary N) is 1. The summed E-state index contributed by atoms with van der Waals surface area (Å²) in [6, 6.07) is 5.13. The van der Waals surface area contributed by atoms with Crippen LogP contribution in [0.15, 0.2) is 24.3 Å². The third-order valence-corrected chi connectivity index (χ3v) is 2.68. The highest BCUT2D eigenvalue weighted by atomic mass is 19.4. The molecular formula is C13H17F3N2O2. The second kappa shape index (κ2) is 6.60. The number of ether oxygens (including phenoxy) is 1. The van der Waals surface area contributed by atoms with E-state index in [1.807, 2.05) is 0 Å². The van der Waals surface area contributed by atoms with Gasteiger partial charge in [-0.25, -0.2) is 0 Å². The molecule has 0 aliphatic rings. The minimum atomic E-state index is -4.75. The van der Waals surface area contributed by atoms with Gasteiger partial charge in [0.25, 0.3) is 0 Å². The summed E-state index contributed by atoms with van der Waals surface area (Å²) in [7, 11) is 0. The predicted octanol–water partition coefficient (Wildman–Crippen LogP) is 2.18. The second-order valence-corrected chi connectivity index (χ2v) is 4.66. The van der Waals surface area contributed by atoms with Gasteiger partial charge in [-0.1, -0.05) is 32.0 Å². The minimum Gasteiger partial charge on any atom is -0.405 e. The Labute approximate surface area is 115 Å². The van der Waals surface area contributed by atoms with Gasteiger partial charge >= 0.3 is 6.36 Å². The molecule has 112 valence electrons. The summed E-state index contributed by atoms with van der Waals surface area (Å²) >= 11 is 0. The molecule has 20 heavy (non-hydrogen) atoms. The van der Waals surface area contributed by atoms with Crippen LogP contribution in [0.25, 0.3) is 0 Å². The molecule has 1 aromatic rings. The molecule has 3 N–H and O–H groups in total. The molecule has 0 heterocycles. The van der Waals surface area contributed by atoms with Gasteiger partial charge in [-0.05, 0) is 12.0 Å². The Kier molecular flexibility index (Phi) is 5.38. The van der Waals surface area contributed by atoms with Crippen LogP contribution in [0, 0.1) is 5.92 Å². The molecule has 0 fully saturated rings. The van der Waals surface area contributed by atoms with E-state index >= 15 is 0 Å². The number of halogens is 3. The maximum Gasteiger partial charge on any atom is 0.573 e. The molecule has 0 saturated carbocycles. The van der Waals surface area contributed by atoms with Crippen LogP contribution in [0.4, 0.5) is 13.2 Å². The third kappa shape index (κ3) is 5.08. The highest BCUT2D eigenvalue weighted by molar-refractivity contribution is 5.80. The van der Waals surface area contributed by atoms with Gasteiger partial charge in [0.1, 0.15) is 5.75 Å². The zero-order valence-corrected chi connectivity index (χ0v) is 11.2. The van der Waals surface area contributed by atoms with Crippen molar-refractivity contribution in [1.29, 1.82) is 0 Å². The number of rotatable bonds is 6. The number of hydrogen-bond donors (Lipinski definition) is 2. The molecule has 4 nitrogen and oxygen atoms in total. The highest BCUT2D eigenvalue weighted by Gasteiger charge is 2.32. The zero-order valence-electron chi connectivity index (χ0n) is 11.2. The van der Waals surface area contributed by atoms with E-state index in [-0.39, 0.29) is 18.2 Å². The van der Waals surface area contributed by atoms with Crippen molar-refractivity contribution in [3.63, 3.8) is 0 Å². The fourth-order valence-corrected chi connectivity index (χ4v) is 1.76. The van der Waals surface area contributed by atoms with E-state index in [0.29, 0.717) is 5.56 Å². The minimum absolute atomic E-state index is 0.0536. The summed E-state index contributed by atoms with van der Waals surface area (Å²) in [5.41, 5.74) is 5.53. The Morgan fingerprint density at radius 2 is 1.95 bits per heavy atom. The van der Waals surface area contributed by atoms with Crippen molar-refractivity contribution in [3.8, 4) is 5.75 Å². The van der Waals surface area contributed by atoms with Gasteiger partial charge in [0.15, 0.2) is 0 Å². The van der Waals surface area contributed by atoms with Crippen molar-refractivity contribution in [2.24, 2.45) is 11.7 Å². The van der Waals surface area contributed by atoms with Crippen LogP contribution in [-0.4, -0.2) is 18.3 Å². The van der Waals surface area contributed by atoms with E-state index in [9.17, 15) is 18.0 Å². The molecule has 1 atom stereocenters. The van der Waals surface area contributed by atoms with Crippen LogP contribution in [0.3, 0.4) is 0 Å². The Hall–Kier alpha value is -1.76. The van der Waals surface area contributed by atoms with E-state index < -0.39 is 18.3 Å². The number of para-hydroxylation sites is 1. The van der Waals surface area contributed by atoms with Crippen molar-refractivity contribution >= 4 is 5.91 Å². The fraction of sp³-hybridized carbons (Fsp3) is 0.462. The zero-order chi connectivity index (χ0) is 15.3. The van der Waals surface area contributed by atoms with Gasteiger partial charge < -0.3 is 15.8 Å². The summed E-state index contributed by atoms with van der Waals surface area (Å²) in [5.74, 6) is -0.906. The van der Waals surface area contributed by atoms with Gasteiger partial charge in [0.05, 0.1) is 6.04 Å². The number of primary amides is 1. The summed E-state index contributed by atoms with van der Waals surface area (Å²) in [6.07, 6.45) is -4.75. The molecule has 0 aliphatic carbocycles. The lowest BCUT2D eigenvalue weighted by molar-refractivity contribution is -0.274. The lowest BCUT2D eigenvalue weighted by Gasteiger charge is -2.20. The number of alkyl halides is 3. The van der Waals surface area contributed by atoms with Crippen LogP contribution in [-0.2, 0) is 11.3 Å². The molecule has 0 bridgehead atoms. The first-order valence-electron chi connectivity index (χ1n) is 6.07. The lowest BCUT2D eigenvalue weighted by atomic mass is 10.0. The predicted molar refractivity (Wildman–Crippen MR) is 67.8 cm³/mol. The Morgan fingerprint density at radius 3 is 2.45 bits per heavy atom. The first-order chi connectivity index (χ1) is 9.20. The Balaban J connectivity index is 2.80. The van der Waals surface area contributed by atoms with Crippen LogP contribution >= 0.6 is 0 Å². The summed E-state index contributed by atoms with van der Waals surface area (Å²) in [6.45, 7) is 3.64. The molecule has 0 saturated heterocycles. The maximum atomic E-state index is 12.3. The topological polar surface area (TPSA) is 64.3 Å². The van der Waals surface area contributed by atoms with E-state index in [1.165, 1.54) is 18.2 Å². The summed E-state index contributed by atoms with van der Waals surface area (Å²) in [5, 5.41) is 2.84. The van der Waals surface area contributed by atoms with Gasteiger partial charge in [-0.2, -0.15) is 0 Å². The number of carbonyl (C=O) groups is 1. The van der Waals surface area contributed by atoms with Crippen LogP contribution in [0.1, 0.15) is 19.4 Å². The standard InChI is InChI=1S/C13H17F3N2O2/c1-8(2)11(12(17)19)18-7-9-5-3-4-6-10(9)20-13(14,15)16/h3-6,8,11,18H,7H2,1-2H3,(H2,17,19). The van der Waals surface area contributed by atoms with Crippen molar-refractivity contribution in [1.82, 2.24) is 5.32 Å². The number of amides is 1. The van der Waals surface area contributed by atoms with Crippen LogP contribution in [0.2, 0.25) is 0 Å². The molecule has 7 heteroatoms. The first-order valence-corrected chi connectivity index (χ1v) is 6.07. The molecular weight excluding hydrogens is 273 g/mol. The second-order valence-electron chi connectivity index (χ2n) is 4.66. The molecule has 1 unspecified atom stereocenters.